The summed E-state index contributed by atoms with van der Waals surface area (Å²) in [6.45, 7) is 5.72. The van der Waals surface area contributed by atoms with Crippen LogP contribution < -0.4 is 9.47 Å². The first-order valence-electron chi connectivity index (χ1n) is 8.29. The van der Waals surface area contributed by atoms with Gasteiger partial charge in [-0.15, -0.1) is 0 Å². The zero-order chi connectivity index (χ0) is 15.1. The fraction of sp³-hybridized carbons (Fsp3) is 0.667. The largest absolute Gasteiger partial charge is 0.490 e. The molecule has 1 aliphatic rings. The van der Waals surface area contributed by atoms with Gasteiger partial charge >= 0.3 is 0 Å². The molecular weight excluding hydrogens is 328 g/mol. The summed E-state index contributed by atoms with van der Waals surface area (Å²) < 4.78 is 11.7. The summed E-state index contributed by atoms with van der Waals surface area (Å²) >= 11 is 3.90. The highest BCUT2D eigenvalue weighted by atomic mass is 79.9. The van der Waals surface area contributed by atoms with E-state index in [4.69, 9.17) is 9.47 Å². The van der Waals surface area contributed by atoms with Crippen LogP contribution in [0.5, 0.6) is 11.5 Å². The van der Waals surface area contributed by atoms with E-state index in [0.29, 0.717) is 4.83 Å². The van der Waals surface area contributed by atoms with E-state index < -0.39 is 0 Å². The third-order valence-electron chi connectivity index (χ3n) is 4.02. The van der Waals surface area contributed by atoms with E-state index in [1.54, 1.807) is 0 Å². The van der Waals surface area contributed by atoms with Crippen LogP contribution in [0.1, 0.15) is 62.8 Å². The molecule has 1 atom stereocenters. The summed E-state index contributed by atoms with van der Waals surface area (Å²) in [6, 6.07) is 6.42. The van der Waals surface area contributed by atoms with Crippen molar-refractivity contribution >= 4 is 15.9 Å². The highest BCUT2D eigenvalue weighted by Crippen LogP contribution is 2.43. The van der Waals surface area contributed by atoms with Crippen molar-refractivity contribution in [2.75, 3.05) is 13.2 Å². The molecule has 1 aromatic rings. The molecule has 1 aromatic carbocycles. The van der Waals surface area contributed by atoms with Gasteiger partial charge in [0.2, 0.25) is 0 Å². The summed E-state index contributed by atoms with van der Waals surface area (Å²) in [5, 5.41) is 0. The number of hydrogen-bond acceptors (Lipinski definition) is 2. The number of ether oxygens (including phenoxy) is 2. The summed E-state index contributed by atoms with van der Waals surface area (Å²) in [5.41, 5.74) is 1.32. The quantitative estimate of drug-likeness (QED) is 0.541. The second-order valence-electron chi connectivity index (χ2n) is 5.85. The Kier molecular flexibility index (Phi) is 6.88. The molecule has 2 rings (SSSR count). The second-order valence-corrected chi connectivity index (χ2v) is 6.84. The first-order valence-corrected chi connectivity index (χ1v) is 9.21. The number of rotatable bonds is 8. The van der Waals surface area contributed by atoms with E-state index in [1.165, 1.54) is 31.2 Å². The lowest BCUT2D eigenvalue weighted by Crippen LogP contribution is -2.05. The predicted octanol–water partition coefficient (Wildman–Crippen LogP) is 5.89. The highest BCUT2D eigenvalue weighted by Gasteiger charge is 2.25. The van der Waals surface area contributed by atoms with Crippen LogP contribution in [0.25, 0.3) is 0 Å². The molecule has 0 bridgehead atoms. The zero-order valence-corrected chi connectivity index (χ0v) is 14.8. The van der Waals surface area contributed by atoms with Gasteiger partial charge in [-0.3, -0.25) is 0 Å². The smallest absolute Gasteiger partial charge is 0.161 e. The minimum Gasteiger partial charge on any atom is -0.490 e. The number of alkyl halides is 1. The first-order chi connectivity index (χ1) is 10.3. The van der Waals surface area contributed by atoms with Crippen molar-refractivity contribution in [3.63, 3.8) is 0 Å². The third-order valence-corrected chi connectivity index (χ3v) is 5.30. The lowest BCUT2D eigenvalue weighted by molar-refractivity contribution is 0.268. The Bertz CT molecular complexity index is 427. The molecule has 21 heavy (non-hydrogen) atoms. The molecular formula is C18H27BrO2. The van der Waals surface area contributed by atoms with E-state index >= 15 is 0 Å². The maximum Gasteiger partial charge on any atom is 0.161 e. The molecule has 1 fully saturated rings. The normalized spacial score (nSPS) is 16.9. The van der Waals surface area contributed by atoms with Gasteiger partial charge in [0.15, 0.2) is 11.5 Å². The van der Waals surface area contributed by atoms with E-state index in [1.807, 2.05) is 0 Å². The SMILES string of the molecule is CCCOc1ccc(C(Br)C2CCCC2)cc1OCCC. The lowest BCUT2D eigenvalue weighted by atomic mass is 9.97. The van der Waals surface area contributed by atoms with Gasteiger partial charge in [0.05, 0.1) is 13.2 Å². The molecule has 0 heterocycles. The van der Waals surface area contributed by atoms with Crippen LogP contribution in [0.2, 0.25) is 0 Å². The van der Waals surface area contributed by atoms with Crippen LogP contribution in [-0.4, -0.2) is 13.2 Å². The Hall–Kier alpha value is -0.700. The molecule has 0 spiro atoms. The maximum absolute atomic E-state index is 5.89. The topological polar surface area (TPSA) is 18.5 Å². The van der Waals surface area contributed by atoms with Crippen molar-refractivity contribution in [1.29, 1.82) is 0 Å². The summed E-state index contributed by atoms with van der Waals surface area (Å²) in [5.74, 6) is 2.52. The van der Waals surface area contributed by atoms with E-state index in [9.17, 15) is 0 Å². The van der Waals surface area contributed by atoms with Gasteiger partial charge in [0.1, 0.15) is 0 Å². The average Bonchev–Trinajstić information content (AvgIpc) is 3.04. The van der Waals surface area contributed by atoms with Crippen LogP contribution in [0, 0.1) is 5.92 Å². The molecule has 2 nitrogen and oxygen atoms in total. The van der Waals surface area contributed by atoms with Crippen LogP contribution in [0.3, 0.4) is 0 Å². The Morgan fingerprint density at radius 3 is 2.29 bits per heavy atom. The monoisotopic (exact) mass is 354 g/mol. The standard InChI is InChI=1S/C18H27BrO2/c1-3-11-20-16-10-9-15(13-17(16)21-12-4-2)18(19)14-7-5-6-8-14/h9-10,13-14,18H,3-8,11-12H2,1-2H3. The van der Waals surface area contributed by atoms with Gasteiger partial charge in [0, 0.05) is 4.83 Å². The maximum atomic E-state index is 5.89. The van der Waals surface area contributed by atoms with Crippen molar-refractivity contribution in [3.05, 3.63) is 23.8 Å². The molecule has 0 aliphatic heterocycles. The number of benzene rings is 1. The van der Waals surface area contributed by atoms with Crippen molar-refractivity contribution in [2.24, 2.45) is 5.92 Å². The van der Waals surface area contributed by atoms with Crippen LogP contribution in [-0.2, 0) is 0 Å². The van der Waals surface area contributed by atoms with Gasteiger partial charge in [-0.2, -0.15) is 0 Å². The molecule has 0 aromatic heterocycles. The molecule has 0 radical (unpaired) electrons. The van der Waals surface area contributed by atoms with Crippen molar-refractivity contribution in [3.8, 4) is 11.5 Å². The minimum absolute atomic E-state index is 0.434. The van der Waals surface area contributed by atoms with E-state index in [0.717, 1.165) is 43.5 Å². The van der Waals surface area contributed by atoms with Crippen molar-refractivity contribution in [1.82, 2.24) is 0 Å². The fourth-order valence-corrected chi connectivity index (χ4v) is 3.69. The van der Waals surface area contributed by atoms with Gasteiger partial charge in [0.25, 0.3) is 0 Å². The number of halogens is 1. The summed E-state index contributed by atoms with van der Waals surface area (Å²) in [4.78, 5) is 0.434. The summed E-state index contributed by atoms with van der Waals surface area (Å²) in [7, 11) is 0. The minimum atomic E-state index is 0.434. The van der Waals surface area contributed by atoms with Gasteiger partial charge in [-0.1, -0.05) is 48.7 Å². The van der Waals surface area contributed by atoms with Gasteiger partial charge in [-0.25, -0.2) is 0 Å². The summed E-state index contributed by atoms with van der Waals surface area (Å²) in [6.07, 6.45) is 7.41. The first kappa shape index (κ1) is 16.7. The van der Waals surface area contributed by atoms with Crippen LogP contribution >= 0.6 is 15.9 Å². The third kappa shape index (κ3) is 4.64. The van der Waals surface area contributed by atoms with Crippen LogP contribution in [0.4, 0.5) is 0 Å². The van der Waals surface area contributed by atoms with Gasteiger partial charge < -0.3 is 9.47 Å². The zero-order valence-electron chi connectivity index (χ0n) is 13.2. The Labute approximate surface area is 137 Å². The number of hydrogen-bond donors (Lipinski definition) is 0. The van der Waals surface area contributed by atoms with Crippen molar-refractivity contribution in [2.45, 2.75) is 57.2 Å². The lowest BCUT2D eigenvalue weighted by Gasteiger charge is -2.20. The van der Waals surface area contributed by atoms with E-state index in [2.05, 4.69) is 48.0 Å². The Balaban J connectivity index is 2.14. The fourth-order valence-electron chi connectivity index (χ4n) is 2.87. The molecule has 0 amide bonds. The molecule has 1 aliphatic carbocycles. The molecule has 1 saturated carbocycles. The Morgan fingerprint density at radius 1 is 1.05 bits per heavy atom. The molecule has 118 valence electrons. The molecule has 1 unspecified atom stereocenters. The van der Waals surface area contributed by atoms with Crippen molar-refractivity contribution < 1.29 is 9.47 Å². The second kappa shape index (κ2) is 8.67. The highest BCUT2D eigenvalue weighted by molar-refractivity contribution is 9.09. The van der Waals surface area contributed by atoms with E-state index in [-0.39, 0.29) is 0 Å². The molecule has 0 saturated heterocycles. The van der Waals surface area contributed by atoms with Crippen LogP contribution in [0.15, 0.2) is 18.2 Å². The van der Waals surface area contributed by atoms with Gasteiger partial charge in [-0.05, 0) is 49.3 Å². The predicted molar refractivity (Wildman–Crippen MR) is 91.6 cm³/mol. The molecule has 3 heteroatoms. The molecule has 0 N–H and O–H groups in total. The average molecular weight is 355 g/mol. The Morgan fingerprint density at radius 2 is 1.67 bits per heavy atom.